The molecule has 0 radical (unpaired) electrons. The van der Waals surface area contributed by atoms with E-state index in [1.54, 1.807) is 6.92 Å². The first-order valence-corrected chi connectivity index (χ1v) is 8.87. The van der Waals surface area contributed by atoms with Crippen molar-refractivity contribution in [2.45, 2.75) is 29.7 Å². The maximum Gasteiger partial charge on any atom is 0.240 e. The number of aryl methyl sites for hydroxylation is 1. The average molecular weight is 321 g/mol. The second kappa shape index (κ2) is 6.19. The molecule has 1 aromatic rings. The third-order valence-electron chi connectivity index (χ3n) is 2.72. The first kappa shape index (κ1) is 17.1. The molecule has 4 N–H and O–H groups in total. The fourth-order valence-electron chi connectivity index (χ4n) is 1.58. The molecule has 114 valence electrons. The number of nitrogens with two attached hydrogens (primary N) is 1. The Kier molecular flexibility index (Phi) is 5.27. The van der Waals surface area contributed by atoms with Gasteiger partial charge in [-0.15, -0.1) is 0 Å². The van der Waals surface area contributed by atoms with E-state index < -0.39 is 26.1 Å². The van der Waals surface area contributed by atoms with Crippen molar-refractivity contribution in [2.75, 3.05) is 13.6 Å². The molecule has 0 unspecified atom stereocenters. The molecule has 0 saturated heterocycles. The lowest BCUT2D eigenvalue weighted by atomic mass is 10.2. The van der Waals surface area contributed by atoms with Crippen LogP contribution in [0.15, 0.2) is 28.0 Å². The van der Waals surface area contributed by atoms with Crippen LogP contribution in [0.2, 0.25) is 0 Å². The zero-order chi connectivity index (χ0) is 15.6. The quantitative estimate of drug-likeness (QED) is 0.654. The van der Waals surface area contributed by atoms with E-state index in [4.69, 9.17) is 5.73 Å². The Labute approximate surface area is 119 Å². The summed E-state index contributed by atoms with van der Waals surface area (Å²) in [4.78, 5) is 0.0520. The van der Waals surface area contributed by atoms with E-state index in [-0.39, 0.29) is 16.3 Å². The Hall–Kier alpha value is -1.00. The molecule has 20 heavy (non-hydrogen) atoms. The fraction of sp³-hybridized carbons (Fsp3) is 0.455. The molecule has 0 spiro atoms. The van der Waals surface area contributed by atoms with E-state index in [9.17, 15) is 16.8 Å². The van der Waals surface area contributed by atoms with E-state index in [2.05, 4.69) is 9.44 Å². The van der Waals surface area contributed by atoms with Gasteiger partial charge < -0.3 is 5.73 Å². The number of sulfonamides is 2. The molecule has 0 saturated carbocycles. The molecule has 0 amide bonds. The molecule has 1 aromatic carbocycles. The van der Waals surface area contributed by atoms with Crippen LogP contribution in [0.4, 0.5) is 0 Å². The van der Waals surface area contributed by atoms with Crippen LogP contribution >= 0.6 is 0 Å². The van der Waals surface area contributed by atoms with Crippen LogP contribution in [0.5, 0.6) is 0 Å². The van der Waals surface area contributed by atoms with Crippen LogP contribution in [0.3, 0.4) is 0 Å². The molecule has 0 aliphatic carbocycles. The zero-order valence-corrected chi connectivity index (χ0v) is 13.2. The summed E-state index contributed by atoms with van der Waals surface area (Å²) in [5, 5.41) is 0. The zero-order valence-electron chi connectivity index (χ0n) is 11.5. The molecule has 0 aliphatic rings. The number of rotatable bonds is 6. The predicted octanol–water partition coefficient (Wildman–Crippen LogP) is -0.471. The van der Waals surface area contributed by atoms with Crippen LogP contribution in [0, 0.1) is 6.92 Å². The lowest BCUT2D eigenvalue weighted by Gasteiger charge is -2.13. The summed E-state index contributed by atoms with van der Waals surface area (Å²) in [6.45, 7) is 3.35. The normalized spacial score (nSPS) is 14.2. The van der Waals surface area contributed by atoms with Crippen LogP contribution in [0.1, 0.15) is 12.5 Å². The minimum atomic E-state index is -3.71. The Morgan fingerprint density at radius 3 is 2.25 bits per heavy atom. The second-order valence-corrected chi connectivity index (χ2v) is 7.96. The highest BCUT2D eigenvalue weighted by Crippen LogP contribution is 2.19. The third kappa shape index (κ3) is 3.76. The van der Waals surface area contributed by atoms with Crippen molar-refractivity contribution in [1.29, 1.82) is 0 Å². The summed E-state index contributed by atoms with van der Waals surface area (Å²) in [6, 6.07) is 3.43. The summed E-state index contributed by atoms with van der Waals surface area (Å²) in [7, 11) is -6.02. The highest BCUT2D eigenvalue weighted by atomic mass is 32.2. The van der Waals surface area contributed by atoms with Gasteiger partial charge in [0.05, 0.1) is 9.79 Å². The standard InChI is InChI=1S/C11H19N3O4S2/c1-8-6-10(19(15,16)14-9(2)7-12)4-5-11(8)20(17,18)13-3/h4-6,9,13-14H,7,12H2,1-3H3/t9-/m1/s1. The van der Waals surface area contributed by atoms with E-state index in [1.165, 1.54) is 32.2 Å². The average Bonchev–Trinajstić information content (AvgIpc) is 2.37. The largest absolute Gasteiger partial charge is 0.329 e. The van der Waals surface area contributed by atoms with Crippen LogP contribution in [-0.4, -0.2) is 36.5 Å². The molecule has 0 aromatic heterocycles. The highest BCUT2D eigenvalue weighted by Gasteiger charge is 2.20. The Balaban J connectivity index is 3.23. The van der Waals surface area contributed by atoms with Gasteiger partial charge in [-0.05, 0) is 44.7 Å². The minimum absolute atomic E-state index is 0.00496. The van der Waals surface area contributed by atoms with Gasteiger partial charge in [-0.1, -0.05) is 0 Å². The molecule has 1 atom stereocenters. The van der Waals surface area contributed by atoms with Gasteiger partial charge in [-0.3, -0.25) is 0 Å². The molecule has 1 rings (SSSR count). The Morgan fingerprint density at radius 2 is 1.80 bits per heavy atom. The van der Waals surface area contributed by atoms with Gasteiger partial charge in [0.15, 0.2) is 0 Å². The van der Waals surface area contributed by atoms with Crippen molar-refractivity contribution in [3.63, 3.8) is 0 Å². The number of hydrogen-bond acceptors (Lipinski definition) is 5. The summed E-state index contributed by atoms with van der Waals surface area (Å²) in [6.07, 6.45) is 0. The van der Waals surface area contributed by atoms with Crippen molar-refractivity contribution in [3.05, 3.63) is 23.8 Å². The molecule has 7 nitrogen and oxygen atoms in total. The van der Waals surface area contributed by atoms with Crippen molar-refractivity contribution in [1.82, 2.24) is 9.44 Å². The van der Waals surface area contributed by atoms with E-state index in [1.807, 2.05) is 0 Å². The predicted molar refractivity (Wildman–Crippen MR) is 76.3 cm³/mol. The maximum absolute atomic E-state index is 12.1. The minimum Gasteiger partial charge on any atom is -0.329 e. The van der Waals surface area contributed by atoms with Crippen molar-refractivity contribution < 1.29 is 16.8 Å². The summed E-state index contributed by atoms with van der Waals surface area (Å²) >= 11 is 0. The molecule has 9 heteroatoms. The van der Waals surface area contributed by atoms with Crippen molar-refractivity contribution >= 4 is 20.0 Å². The van der Waals surface area contributed by atoms with Crippen molar-refractivity contribution in [3.8, 4) is 0 Å². The van der Waals surface area contributed by atoms with E-state index in [0.29, 0.717) is 5.56 Å². The lowest BCUT2D eigenvalue weighted by Crippen LogP contribution is -2.37. The lowest BCUT2D eigenvalue weighted by molar-refractivity contribution is 0.562. The van der Waals surface area contributed by atoms with Crippen LogP contribution in [-0.2, 0) is 20.0 Å². The van der Waals surface area contributed by atoms with Gasteiger partial charge >= 0.3 is 0 Å². The van der Waals surface area contributed by atoms with E-state index >= 15 is 0 Å². The SMILES string of the molecule is CNS(=O)(=O)c1ccc(S(=O)(=O)N[C@H](C)CN)cc1C. The van der Waals surface area contributed by atoms with Gasteiger partial charge in [0.25, 0.3) is 0 Å². The fourth-order valence-corrected chi connectivity index (χ4v) is 3.87. The molecule has 0 fully saturated rings. The summed E-state index contributed by atoms with van der Waals surface area (Å²) in [5.74, 6) is 0. The van der Waals surface area contributed by atoms with Gasteiger partial charge in [0.1, 0.15) is 0 Å². The maximum atomic E-state index is 12.1. The monoisotopic (exact) mass is 321 g/mol. The summed E-state index contributed by atoms with van der Waals surface area (Å²) in [5.41, 5.74) is 5.72. The number of benzene rings is 1. The smallest absolute Gasteiger partial charge is 0.240 e. The Bertz CT molecular complexity index is 684. The molecular weight excluding hydrogens is 302 g/mol. The van der Waals surface area contributed by atoms with E-state index in [0.717, 1.165) is 0 Å². The molecule has 0 bridgehead atoms. The van der Waals surface area contributed by atoms with Gasteiger partial charge in [-0.25, -0.2) is 26.3 Å². The van der Waals surface area contributed by atoms with Crippen LogP contribution < -0.4 is 15.2 Å². The van der Waals surface area contributed by atoms with Gasteiger partial charge in [-0.2, -0.15) is 0 Å². The van der Waals surface area contributed by atoms with Gasteiger partial charge in [0, 0.05) is 12.6 Å². The highest BCUT2D eigenvalue weighted by molar-refractivity contribution is 7.90. The molecular formula is C11H19N3O4S2. The second-order valence-electron chi connectivity index (χ2n) is 4.39. The Morgan fingerprint density at radius 1 is 1.20 bits per heavy atom. The number of nitrogens with one attached hydrogen (secondary N) is 2. The number of hydrogen-bond donors (Lipinski definition) is 3. The first-order valence-electron chi connectivity index (χ1n) is 5.90. The van der Waals surface area contributed by atoms with Gasteiger partial charge in [0.2, 0.25) is 20.0 Å². The first-order chi connectivity index (χ1) is 9.14. The van der Waals surface area contributed by atoms with Crippen LogP contribution in [0.25, 0.3) is 0 Å². The summed E-state index contributed by atoms with van der Waals surface area (Å²) < 4.78 is 52.1. The van der Waals surface area contributed by atoms with Crippen molar-refractivity contribution in [2.24, 2.45) is 5.73 Å². The molecule has 0 heterocycles. The molecule has 0 aliphatic heterocycles. The third-order valence-corrected chi connectivity index (χ3v) is 5.89. The topological polar surface area (TPSA) is 118 Å².